The first-order chi connectivity index (χ1) is 9.06. The molecule has 0 fully saturated rings. The molecule has 0 saturated carbocycles. The molecule has 0 aromatic heterocycles. The lowest BCUT2D eigenvalue weighted by Gasteiger charge is -2.10. The van der Waals surface area contributed by atoms with E-state index in [1.807, 2.05) is 7.05 Å². The molecule has 0 radical (unpaired) electrons. The third-order valence-electron chi connectivity index (χ3n) is 2.40. The second kappa shape index (κ2) is 7.22. The number of aromatic carboxylic acids is 1. The summed E-state index contributed by atoms with van der Waals surface area (Å²) in [4.78, 5) is 22.3. The molecule has 2 amide bonds. The first kappa shape index (κ1) is 14.8. The minimum atomic E-state index is -1.25. The van der Waals surface area contributed by atoms with Crippen LogP contribution in [0.2, 0.25) is 0 Å². The van der Waals surface area contributed by atoms with Gasteiger partial charge in [0.15, 0.2) is 5.75 Å². The number of para-hydroxylation sites is 1. The van der Waals surface area contributed by atoms with Gasteiger partial charge in [0.1, 0.15) is 5.56 Å². The highest BCUT2D eigenvalue weighted by molar-refractivity contribution is 5.97. The van der Waals surface area contributed by atoms with Crippen molar-refractivity contribution in [2.75, 3.05) is 25.5 Å². The number of carboxylic acids is 1. The fourth-order valence-corrected chi connectivity index (χ4v) is 1.45. The number of carboxylic acid groups (broad SMARTS) is 1. The number of phenols is 1. The highest BCUT2D eigenvalue weighted by Crippen LogP contribution is 2.27. The summed E-state index contributed by atoms with van der Waals surface area (Å²) < 4.78 is 0. The second-order valence-corrected chi connectivity index (χ2v) is 3.84. The van der Waals surface area contributed by atoms with E-state index in [2.05, 4.69) is 16.0 Å². The number of hydrogen-bond donors (Lipinski definition) is 5. The number of carbonyl (C=O) groups is 2. The number of anilines is 1. The number of nitrogens with one attached hydrogen (secondary N) is 3. The van der Waals surface area contributed by atoms with Crippen molar-refractivity contribution in [1.82, 2.24) is 10.6 Å². The first-order valence-electron chi connectivity index (χ1n) is 5.81. The average Bonchev–Trinajstić information content (AvgIpc) is 2.37. The predicted molar refractivity (Wildman–Crippen MR) is 70.6 cm³/mol. The van der Waals surface area contributed by atoms with Crippen molar-refractivity contribution in [3.8, 4) is 5.75 Å². The van der Waals surface area contributed by atoms with Gasteiger partial charge in [-0.15, -0.1) is 0 Å². The van der Waals surface area contributed by atoms with Crippen molar-refractivity contribution in [2.24, 2.45) is 0 Å². The Bertz CT molecular complexity index is 462. The number of benzene rings is 1. The molecule has 0 aliphatic rings. The maximum absolute atomic E-state index is 11.5. The van der Waals surface area contributed by atoms with Gasteiger partial charge in [0, 0.05) is 6.54 Å². The van der Waals surface area contributed by atoms with E-state index in [0.29, 0.717) is 6.54 Å². The molecule has 1 aromatic rings. The molecule has 1 aromatic carbocycles. The molecule has 0 atom stereocenters. The van der Waals surface area contributed by atoms with Crippen molar-refractivity contribution in [3.05, 3.63) is 23.8 Å². The highest BCUT2D eigenvalue weighted by Gasteiger charge is 2.14. The van der Waals surface area contributed by atoms with Gasteiger partial charge in [-0.1, -0.05) is 6.07 Å². The molecule has 0 aliphatic heterocycles. The lowest BCUT2D eigenvalue weighted by atomic mass is 10.2. The molecule has 7 nitrogen and oxygen atoms in total. The Morgan fingerprint density at radius 2 is 2.00 bits per heavy atom. The van der Waals surface area contributed by atoms with Crippen molar-refractivity contribution in [3.63, 3.8) is 0 Å². The van der Waals surface area contributed by atoms with Gasteiger partial charge in [-0.3, -0.25) is 0 Å². The van der Waals surface area contributed by atoms with Gasteiger partial charge in [0.05, 0.1) is 5.69 Å². The van der Waals surface area contributed by atoms with E-state index in [4.69, 9.17) is 5.11 Å². The SMILES string of the molecule is CNCCCNC(=O)Nc1cccc(C(=O)O)c1O. The molecular formula is C12H17N3O4. The van der Waals surface area contributed by atoms with Crippen LogP contribution in [0.25, 0.3) is 0 Å². The van der Waals surface area contributed by atoms with Crippen molar-refractivity contribution in [2.45, 2.75) is 6.42 Å². The lowest BCUT2D eigenvalue weighted by molar-refractivity contribution is 0.0694. The topological polar surface area (TPSA) is 111 Å². The van der Waals surface area contributed by atoms with Crippen LogP contribution in [0.4, 0.5) is 10.5 Å². The summed E-state index contributed by atoms with van der Waals surface area (Å²) in [5.74, 6) is -1.71. The van der Waals surface area contributed by atoms with E-state index in [1.165, 1.54) is 18.2 Å². The largest absolute Gasteiger partial charge is 0.505 e. The minimum Gasteiger partial charge on any atom is -0.505 e. The Balaban J connectivity index is 2.59. The number of amides is 2. The number of urea groups is 1. The van der Waals surface area contributed by atoms with Crippen molar-refractivity contribution >= 4 is 17.7 Å². The van der Waals surface area contributed by atoms with Gasteiger partial charge in [-0.25, -0.2) is 9.59 Å². The average molecular weight is 267 g/mol. The van der Waals surface area contributed by atoms with Crippen LogP contribution in [-0.2, 0) is 0 Å². The highest BCUT2D eigenvalue weighted by atomic mass is 16.4. The number of carbonyl (C=O) groups excluding carboxylic acids is 1. The van der Waals surface area contributed by atoms with Gasteiger partial charge in [0.2, 0.25) is 0 Å². The third-order valence-corrected chi connectivity index (χ3v) is 2.40. The standard InChI is InChI=1S/C12H17N3O4/c1-13-6-3-7-14-12(19)15-9-5-2-4-8(10(9)16)11(17)18/h2,4-5,13,16H,3,6-7H2,1H3,(H,17,18)(H2,14,15,19). The summed E-state index contributed by atoms with van der Waals surface area (Å²) in [6.07, 6.45) is 0.769. The molecular weight excluding hydrogens is 250 g/mol. The predicted octanol–water partition coefficient (Wildman–Crippen LogP) is 0.821. The normalized spacial score (nSPS) is 9.95. The monoisotopic (exact) mass is 267 g/mol. The molecule has 19 heavy (non-hydrogen) atoms. The lowest BCUT2D eigenvalue weighted by Crippen LogP contribution is -2.30. The van der Waals surface area contributed by atoms with Gasteiger partial charge in [-0.2, -0.15) is 0 Å². The first-order valence-corrected chi connectivity index (χ1v) is 5.81. The Hall–Kier alpha value is -2.28. The quantitative estimate of drug-likeness (QED) is 0.387. The molecule has 0 heterocycles. The molecule has 0 aliphatic carbocycles. The van der Waals surface area contributed by atoms with Crippen LogP contribution < -0.4 is 16.0 Å². The van der Waals surface area contributed by atoms with Crippen LogP contribution in [0.5, 0.6) is 5.75 Å². The van der Waals surface area contributed by atoms with E-state index >= 15 is 0 Å². The Labute approximate surface area is 110 Å². The maximum Gasteiger partial charge on any atom is 0.339 e. The van der Waals surface area contributed by atoms with Gasteiger partial charge >= 0.3 is 12.0 Å². The van der Waals surface area contributed by atoms with Gasteiger partial charge in [0.25, 0.3) is 0 Å². The van der Waals surface area contributed by atoms with Crippen LogP contribution in [0.1, 0.15) is 16.8 Å². The van der Waals surface area contributed by atoms with E-state index < -0.39 is 17.7 Å². The molecule has 0 bridgehead atoms. The molecule has 0 spiro atoms. The van der Waals surface area contributed by atoms with Crippen molar-refractivity contribution in [1.29, 1.82) is 0 Å². The Morgan fingerprint density at radius 3 is 2.63 bits per heavy atom. The summed E-state index contributed by atoms with van der Waals surface area (Å²) in [6, 6.07) is 3.64. The molecule has 5 N–H and O–H groups in total. The van der Waals surface area contributed by atoms with Crippen molar-refractivity contribution < 1.29 is 19.8 Å². The van der Waals surface area contributed by atoms with E-state index in [9.17, 15) is 14.7 Å². The number of hydrogen-bond acceptors (Lipinski definition) is 4. The van der Waals surface area contributed by atoms with Crippen LogP contribution >= 0.6 is 0 Å². The molecule has 7 heteroatoms. The molecule has 104 valence electrons. The zero-order valence-electron chi connectivity index (χ0n) is 10.6. The molecule has 0 unspecified atom stereocenters. The Kier molecular flexibility index (Phi) is 5.62. The van der Waals surface area contributed by atoms with Crippen LogP contribution in [0.15, 0.2) is 18.2 Å². The fourth-order valence-electron chi connectivity index (χ4n) is 1.45. The molecule has 1 rings (SSSR count). The minimum absolute atomic E-state index is 0.0611. The maximum atomic E-state index is 11.5. The fraction of sp³-hybridized carbons (Fsp3) is 0.333. The van der Waals surface area contributed by atoms with Crippen LogP contribution in [-0.4, -0.2) is 42.4 Å². The summed E-state index contributed by atoms with van der Waals surface area (Å²) in [7, 11) is 1.81. The van der Waals surface area contributed by atoms with Gasteiger partial charge in [-0.05, 0) is 32.1 Å². The van der Waals surface area contributed by atoms with E-state index in [-0.39, 0.29) is 11.3 Å². The third kappa shape index (κ3) is 4.47. The molecule has 0 saturated heterocycles. The zero-order valence-corrected chi connectivity index (χ0v) is 10.6. The van der Waals surface area contributed by atoms with Crippen LogP contribution in [0.3, 0.4) is 0 Å². The van der Waals surface area contributed by atoms with E-state index in [1.54, 1.807) is 0 Å². The van der Waals surface area contributed by atoms with Gasteiger partial charge < -0.3 is 26.2 Å². The van der Waals surface area contributed by atoms with Crippen LogP contribution in [0, 0.1) is 0 Å². The Morgan fingerprint density at radius 1 is 1.26 bits per heavy atom. The summed E-state index contributed by atoms with van der Waals surface area (Å²) in [5.41, 5.74) is -0.195. The van der Waals surface area contributed by atoms with E-state index in [0.717, 1.165) is 13.0 Å². The second-order valence-electron chi connectivity index (χ2n) is 3.84. The number of aromatic hydroxyl groups is 1. The summed E-state index contributed by atoms with van der Waals surface area (Å²) >= 11 is 0. The summed E-state index contributed by atoms with van der Waals surface area (Å²) in [6.45, 7) is 1.26. The summed E-state index contributed by atoms with van der Waals surface area (Å²) in [5, 5.41) is 26.4. The number of rotatable bonds is 6. The zero-order chi connectivity index (χ0) is 14.3. The smallest absolute Gasteiger partial charge is 0.339 e.